The number of nitrogen functional groups attached to an aromatic ring is 1. The number of hydrogen-bond donors (Lipinski definition) is 1. The molecule has 1 aromatic carbocycles. The zero-order valence-electron chi connectivity index (χ0n) is 8.73. The highest BCUT2D eigenvalue weighted by molar-refractivity contribution is 5.25. The summed E-state index contributed by atoms with van der Waals surface area (Å²) in [6.45, 7) is 0. The van der Waals surface area contributed by atoms with E-state index in [1.807, 2.05) is 6.07 Å². The van der Waals surface area contributed by atoms with E-state index in [0.29, 0.717) is 24.5 Å². The maximum Gasteiger partial charge on any atom is 0.130 e. The van der Waals surface area contributed by atoms with Crippen molar-refractivity contribution in [3.05, 3.63) is 53.7 Å². The van der Waals surface area contributed by atoms with Crippen LogP contribution in [-0.4, -0.2) is 9.97 Å². The average molecular weight is 217 g/mol. The first-order chi connectivity index (χ1) is 7.74. The van der Waals surface area contributed by atoms with E-state index in [9.17, 15) is 4.39 Å². The van der Waals surface area contributed by atoms with E-state index in [1.165, 1.54) is 12.1 Å². The molecule has 0 atom stereocenters. The molecule has 0 amide bonds. The maximum atomic E-state index is 12.9. The molecule has 0 saturated carbocycles. The predicted molar refractivity (Wildman–Crippen MR) is 60.3 cm³/mol. The minimum Gasteiger partial charge on any atom is -0.384 e. The zero-order chi connectivity index (χ0) is 11.4. The van der Waals surface area contributed by atoms with Crippen LogP contribution in [0.1, 0.15) is 11.4 Å². The van der Waals surface area contributed by atoms with Gasteiger partial charge in [-0.3, -0.25) is 0 Å². The van der Waals surface area contributed by atoms with Crippen molar-refractivity contribution in [1.82, 2.24) is 9.97 Å². The van der Waals surface area contributed by atoms with Gasteiger partial charge in [-0.25, -0.2) is 14.4 Å². The van der Waals surface area contributed by atoms with E-state index in [2.05, 4.69) is 9.97 Å². The van der Waals surface area contributed by atoms with Crippen LogP contribution in [0.5, 0.6) is 0 Å². The SMILES string of the molecule is Nc1ccnc(CCc2cccc(F)c2)n1. The molecule has 2 aromatic rings. The Morgan fingerprint density at radius 1 is 1.19 bits per heavy atom. The maximum absolute atomic E-state index is 12.9. The van der Waals surface area contributed by atoms with Crippen LogP contribution in [0.2, 0.25) is 0 Å². The number of hydrogen-bond acceptors (Lipinski definition) is 3. The Labute approximate surface area is 93.2 Å². The Morgan fingerprint density at radius 3 is 2.81 bits per heavy atom. The average Bonchev–Trinajstić information content (AvgIpc) is 2.27. The van der Waals surface area contributed by atoms with Gasteiger partial charge in [-0.2, -0.15) is 0 Å². The summed E-state index contributed by atoms with van der Waals surface area (Å²) >= 11 is 0. The molecular formula is C12H12FN3. The molecule has 0 radical (unpaired) electrons. The van der Waals surface area contributed by atoms with Gasteiger partial charge in [0.1, 0.15) is 17.5 Å². The van der Waals surface area contributed by atoms with Gasteiger partial charge in [0.25, 0.3) is 0 Å². The molecule has 0 unspecified atom stereocenters. The molecule has 0 fully saturated rings. The van der Waals surface area contributed by atoms with Gasteiger partial charge in [0.2, 0.25) is 0 Å². The molecular weight excluding hydrogens is 205 g/mol. The quantitative estimate of drug-likeness (QED) is 0.855. The highest BCUT2D eigenvalue weighted by Crippen LogP contribution is 2.07. The van der Waals surface area contributed by atoms with Gasteiger partial charge in [0.05, 0.1) is 0 Å². The number of aryl methyl sites for hydroxylation is 2. The number of rotatable bonds is 3. The van der Waals surface area contributed by atoms with Gasteiger partial charge in [0, 0.05) is 12.6 Å². The molecule has 2 N–H and O–H groups in total. The Morgan fingerprint density at radius 2 is 2.06 bits per heavy atom. The number of anilines is 1. The third-order valence-electron chi connectivity index (χ3n) is 2.25. The van der Waals surface area contributed by atoms with Crippen molar-refractivity contribution in [3.8, 4) is 0 Å². The van der Waals surface area contributed by atoms with Crippen LogP contribution in [0.25, 0.3) is 0 Å². The van der Waals surface area contributed by atoms with Crippen LogP contribution < -0.4 is 5.73 Å². The van der Waals surface area contributed by atoms with E-state index in [0.717, 1.165) is 5.56 Å². The van der Waals surface area contributed by atoms with Crippen molar-refractivity contribution in [2.45, 2.75) is 12.8 Å². The molecule has 4 heteroatoms. The second-order valence-corrected chi connectivity index (χ2v) is 3.53. The van der Waals surface area contributed by atoms with E-state index >= 15 is 0 Å². The topological polar surface area (TPSA) is 51.8 Å². The summed E-state index contributed by atoms with van der Waals surface area (Å²) < 4.78 is 12.9. The van der Waals surface area contributed by atoms with Crippen LogP contribution in [0, 0.1) is 5.82 Å². The number of halogens is 1. The largest absolute Gasteiger partial charge is 0.384 e. The Bertz CT molecular complexity index is 440. The summed E-state index contributed by atoms with van der Waals surface area (Å²) in [7, 11) is 0. The lowest BCUT2D eigenvalue weighted by Gasteiger charge is -2.01. The summed E-state index contributed by atoms with van der Waals surface area (Å²) in [4.78, 5) is 8.18. The molecule has 16 heavy (non-hydrogen) atoms. The summed E-state index contributed by atoms with van der Waals surface area (Å²) in [6, 6.07) is 8.18. The molecule has 0 bridgehead atoms. The van der Waals surface area contributed by atoms with Crippen molar-refractivity contribution >= 4 is 5.82 Å². The molecule has 0 spiro atoms. The molecule has 82 valence electrons. The fourth-order valence-electron chi connectivity index (χ4n) is 1.48. The number of nitrogens with zero attached hydrogens (tertiary/aromatic N) is 2. The molecule has 0 aliphatic carbocycles. The normalized spacial score (nSPS) is 10.3. The second kappa shape index (κ2) is 4.70. The van der Waals surface area contributed by atoms with Gasteiger partial charge in [-0.15, -0.1) is 0 Å². The molecule has 3 nitrogen and oxygen atoms in total. The Hall–Kier alpha value is -1.97. The minimum atomic E-state index is -0.217. The van der Waals surface area contributed by atoms with Crippen LogP contribution in [0.3, 0.4) is 0 Å². The van der Waals surface area contributed by atoms with Crippen molar-refractivity contribution in [2.24, 2.45) is 0 Å². The highest BCUT2D eigenvalue weighted by atomic mass is 19.1. The fourth-order valence-corrected chi connectivity index (χ4v) is 1.48. The van der Waals surface area contributed by atoms with Gasteiger partial charge in [0.15, 0.2) is 0 Å². The number of nitrogens with two attached hydrogens (primary N) is 1. The highest BCUT2D eigenvalue weighted by Gasteiger charge is 2.00. The third kappa shape index (κ3) is 2.76. The first-order valence-corrected chi connectivity index (χ1v) is 5.06. The van der Waals surface area contributed by atoms with Crippen molar-refractivity contribution in [1.29, 1.82) is 0 Å². The molecule has 1 heterocycles. The van der Waals surface area contributed by atoms with Crippen LogP contribution in [0.4, 0.5) is 10.2 Å². The molecule has 0 aliphatic heterocycles. The summed E-state index contributed by atoms with van der Waals surface area (Å²) in [6.07, 6.45) is 3.00. The lowest BCUT2D eigenvalue weighted by molar-refractivity contribution is 0.625. The van der Waals surface area contributed by atoms with Gasteiger partial charge in [-0.1, -0.05) is 12.1 Å². The Balaban J connectivity index is 2.02. The second-order valence-electron chi connectivity index (χ2n) is 3.53. The standard InChI is InChI=1S/C12H12FN3/c13-10-3-1-2-9(8-10)4-5-12-15-7-6-11(14)16-12/h1-3,6-8H,4-5H2,(H2,14,15,16). The van der Waals surface area contributed by atoms with Crippen molar-refractivity contribution < 1.29 is 4.39 Å². The van der Waals surface area contributed by atoms with Crippen LogP contribution >= 0.6 is 0 Å². The molecule has 0 aliphatic rings. The lowest BCUT2D eigenvalue weighted by atomic mass is 10.1. The van der Waals surface area contributed by atoms with Gasteiger partial charge < -0.3 is 5.73 Å². The molecule has 0 saturated heterocycles. The first-order valence-electron chi connectivity index (χ1n) is 5.06. The summed E-state index contributed by atoms with van der Waals surface area (Å²) in [5.74, 6) is 0.930. The van der Waals surface area contributed by atoms with Gasteiger partial charge >= 0.3 is 0 Å². The van der Waals surface area contributed by atoms with Crippen molar-refractivity contribution in [3.63, 3.8) is 0 Å². The van der Waals surface area contributed by atoms with Gasteiger partial charge in [-0.05, 0) is 30.2 Å². The number of benzene rings is 1. The third-order valence-corrected chi connectivity index (χ3v) is 2.25. The van der Waals surface area contributed by atoms with E-state index < -0.39 is 0 Å². The first kappa shape index (κ1) is 10.5. The van der Waals surface area contributed by atoms with Crippen LogP contribution in [0.15, 0.2) is 36.5 Å². The lowest BCUT2D eigenvalue weighted by Crippen LogP contribution is -2.00. The van der Waals surface area contributed by atoms with E-state index in [4.69, 9.17) is 5.73 Å². The summed E-state index contributed by atoms with van der Waals surface area (Å²) in [5, 5.41) is 0. The fraction of sp³-hybridized carbons (Fsp3) is 0.167. The van der Waals surface area contributed by atoms with E-state index in [-0.39, 0.29) is 5.82 Å². The van der Waals surface area contributed by atoms with Crippen LogP contribution in [-0.2, 0) is 12.8 Å². The molecule has 2 rings (SSSR count). The predicted octanol–water partition coefficient (Wildman–Crippen LogP) is 1.98. The van der Waals surface area contributed by atoms with Crippen molar-refractivity contribution in [2.75, 3.05) is 5.73 Å². The Kier molecular flexibility index (Phi) is 3.10. The summed E-state index contributed by atoms with van der Waals surface area (Å²) in [5.41, 5.74) is 6.48. The van der Waals surface area contributed by atoms with E-state index in [1.54, 1.807) is 18.3 Å². The number of aromatic nitrogens is 2. The monoisotopic (exact) mass is 217 g/mol. The molecule has 1 aromatic heterocycles. The minimum absolute atomic E-state index is 0.217. The zero-order valence-corrected chi connectivity index (χ0v) is 8.73. The smallest absolute Gasteiger partial charge is 0.130 e.